The van der Waals surface area contributed by atoms with E-state index in [1.165, 1.54) is 0 Å². The summed E-state index contributed by atoms with van der Waals surface area (Å²) in [5.41, 5.74) is 7.07. The molecular formula is C10H19N3. The molecule has 0 radical (unpaired) electrons. The Bertz CT molecular complexity index is 261. The Morgan fingerprint density at radius 2 is 2.08 bits per heavy atom. The molecule has 0 atom stereocenters. The summed E-state index contributed by atoms with van der Waals surface area (Å²) >= 11 is 0. The second kappa shape index (κ2) is 3.40. The van der Waals surface area contributed by atoms with Gasteiger partial charge < -0.3 is 5.73 Å². The molecule has 0 aliphatic carbocycles. The first-order valence-corrected chi connectivity index (χ1v) is 4.68. The van der Waals surface area contributed by atoms with Crippen molar-refractivity contribution in [1.82, 2.24) is 9.78 Å². The van der Waals surface area contributed by atoms with E-state index in [1.807, 2.05) is 17.8 Å². The third-order valence-corrected chi connectivity index (χ3v) is 2.07. The molecular weight excluding hydrogens is 162 g/mol. The van der Waals surface area contributed by atoms with Crippen LogP contribution in [-0.4, -0.2) is 9.78 Å². The van der Waals surface area contributed by atoms with Gasteiger partial charge in [-0.1, -0.05) is 20.8 Å². The van der Waals surface area contributed by atoms with Crippen LogP contribution in [0.5, 0.6) is 0 Å². The van der Waals surface area contributed by atoms with Crippen molar-refractivity contribution >= 4 is 5.82 Å². The Hall–Kier alpha value is -0.990. The second-order valence-corrected chi connectivity index (χ2v) is 4.77. The van der Waals surface area contributed by atoms with E-state index in [4.69, 9.17) is 5.73 Å². The molecule has 2 N–H and O–H groups in total. The molecule has 74 valence electrons. The van der Waals surface area contributed by atoms with Gasteiger partial charge in [0.1, 0.15) is 5.82 Å². The first-order valence-electron chi connectivity index (χ1n) is 4.68. The second-order valence-electron chi connectivity index (χ2n) is 4.77. The van der Waals surface area contributed by atoms with Crippen molar-refractivity contribution in [3.8, 4) is 0 Å². The van der Waals surface area contributed by atoms with Crippen LogP contribution >= 0.6 is 0 Å². The lowest BCUT2D eigenvalue weighted by molar-refractivity contribution is 0.341. The molecule has 1 rings (SSSR count). The lowest BCUT2D eigenvalue weighted by Gasteiger charge is -2.17. The third kappa shape index (κ3) is 3.09. The fourth-order valence-corrected chi connectivity index (χ4v) is 1.10. The summed E-state index contributed by atoms with van der Waals surface area (Å²) in [6.45, 7) is 9.61. The van der Waals surface area contributed by atoms with Crippen LogP contribution in [0.25, 0.3) is 0 Å². The minimum Gasteiger partial charge on any atom is -0.382 e. The van der Waals surface area contributed by atoms with Crippen molar-refractivity contribution in [1.29, 1.82) is 0 Å². The zero-order chi connectivity index (χ0) is 10.1. The minimum atomic E-state index is 0.356. The zero-order valence-electron chi connectivity index (χ0n) is 8.96. The van der Waals surface area contributed by atoms with Crippen molar-refractivity contribution in [3.05, 3.63) is 11.8 Å². The van der Waals surface area contributed by atoms with E-state index in [2.05, 4.69) is 25.9 Å². The number of nitrogen functional groups attached to an aromatic ring is 1. The lowest BCUT2D eigenvalue weighted by Crippen LogP contribution is -2.10. The Labute approximate surface area is 79.9 Å². The van der Waals surface area contributed by atoms with E-state index >= 15 is 0 Å². The summed E-state index contributed by atoms with van der Waals surface area (Å²) in [5.74, 6) is 0.647. The van der Waals surface area contributed by atoms with Crippen molar-refractivity contribution in [3.63, 3.8) is 0 Å². The average molecular weight is 181 g/mol. The molecule has 1 aromatic heterocycles. The van der Waals surface area contributed by atoms with Gasteiger partial charge in [0.15, 0.2) is 0 Å². The Kier molecular flexibility index (Phi) is 2.64. The molecule has 1 aromatic rings. The SMILES string of the molecule is Cc1cn(CCC(C)(C)C)nc1N. The highest BCUT2D eigenvalue weighted by molar-refractivity contribution is 5.35. The topological polar surface area (TPSA) is 43.8 Å². The number of aryl methyl sites for hydroxylation is 2. The standard InChI is InChI=1S/C10H19N3/c1-8-7-13(12-9(8)11)6-5-10(2,3)4/h7H,5-6H2,1-4H3,(H2,11,12). The average Bonchev–Trinajstić information content (AvgIpc) is 2.27. The van der Waals surface area contributed by atoms with Gasteiger partial charge >= 0.3 is 0 Å². The van der Waals surface area contributed by atoms with Gasteiger partial charge in [0, 0.05) is 18.3 Å². The van der Waals surface area contributed by atoms with Crippen LogP contribution in [0.1, 0.15) is 32.8 Å². The highest BCUT2D eigenvalue weighted by atomic mass is 15.3. The predicted molar refractivity (Wildman–Crippen MR) is 55.4 cm³/mol. The molecule has 3 nitrogen and oxygen atoms in total. The number of hydrogen-bond donors (Lipinski definition) is 1. The molecule has 0 saturated heterocycles. The van der Waals surface area contributed by atoms with E-state index in [0.717, 1.165) is 18.5 Å². The first-order chi connectivity index (χ1) is 5.88. The number of aromatic nitrogens is 2. The van der Waals surface area contributed by atoms with Crippen LogP contribution in [0.15, 0.2) is 6.20 Å². The molecule has 13 heavy (non-hydrogen) atoms. The monoisotopic (exact) mass is 181 g/mol. The van der Waals surface area contributed by atoms with Gasteiger partial charge in [-0.25, -0.2) is 0 Å². The molecule has 0 aliphatic heterocycles. The van der Waals surface area contributed by atoms with Gasteiger partial charge in [-0.05, 0) is 18.8 Å². The molecule has 0 unspecified atom stereocenters. The summed E-state index contributed by atoms with van der Waals surface area (Å²) < 4.78 is 1.93. The molecule has 0 bridgehead atoms. The third-order valence-electron chi connectivity index (χ3n) is 2.07. The van der Waals surface area contributed by atoms with Crippen molar-refractivity contribution < 1.29 is 0 Å². The smallest absolute Gasteiger partial charge is 0.148 e. The summed E-state index contributed by atoms with van der Waals surface area (Å²) in [5, 5.41) is 4.21. The van der Waals surface area contributed by atoms with Crippen LogP contribution in [0.4, 0.5) is 5.82 Å². The van der Waals surface area contributed by atoms with Gasteiger partial charge in [0.2, 0.25) is 0 Å². The van der Waals surface area contributed by atoms with Gasteiger partial charge in [-0.15, -0.1) is 0 Å². The number of nitrogens with zero attached hydrogens (tertiary/aromatic N) is 2. The van der Waals surface area contributed by atoms with Crippen molar-refractivity contribution in [2.24, 2.45) is 5.41 Å². The molecule has 0 amide bonds. The molecule has 0 spiro atoms. The fourth-order valence-electron chi connectivity index (χ4n) is 1.10. The number of nitrogens with two attached hydrogens (primary N) is 1. The summed E-state index contributed by atoms with van der Waals surface area (Å²) in [6.07, 6.45) is 3.12. The zero-order valence-corrected chi connectivity index (χ0v) is 8.96. The maximum atomic E-state index is 5.65. The largest absolute Gasteiger partial charge is 0.382 e. The summed E-state index contributed by atoms with van der Waals surface area (Å²) in [6, 6.07) is 0. The Balaban J connectivity index is 2.56. The van der Waals surface area contributed by atoms with Gasteiger partial charge in [-0.3, -0.25) is 4.68 Å². The summed E-state index contributed by atoms with van der Waals surface area (Å²) in [4.78, 5) is 0. The van der Waals surface area contributed by atoms with E-state index < -0.39 is 0 Å². The highest BCUT2D eigenvalue weighted by Gasteiger charge is 2.10. The van der Waals surface area contributed by atoms with Crippen LogP contribution in [0, 0.1) is 12.3 Å². The van der Waals surface area contributed by atoms with Crippen molar-refractivity contribution in [2.45, 2.75) is 40.7 Å². The molecule has 3 heteroatoms. The Morgan fingerprint density at radius 3 is 2.46 bits per heavy atom. The van der Waals surface area contributed by atoms with Gasteiger partial charge in [-0.2, -0.15) is 5.10 Å². The van der Waals surface area contributed by atoms with E-state index in [-0.39, 0.29) is 0 Å². The first kappa shape index (κ1) is 10.1. The van der Waals surface area contributed by atoms with Crippen LogP contribution < -0.4 is 5.73 Å². The van der Waals surface area contributed by atoms with E-state index in [9.17, 15) is 0 Å². The van der Waals surface area contributed by atoms with E-state index in [0.29, 0.717) is 11.2 Å². The Morgan fingerprint density at radius 1 is 1.46 bits per heavy atom. The fraction of sp³-hybridized carbons (Fsp3) is 0.700. The molecule has 0 aliphatic rings. The lowest BCUT2D eigenvalue weighted by atomic mass is 9.92. The van der Waals surface area contributed by atoms with Crippen LogP contribution in [0.3, 0.4) is 0 Å². The normalized spacial score (nSPS) is 12.0. The maximum absolute atomic E-state index is 5.65. The van der Waals surface area contributed by atoms with Crippen LogP contribution in [-0.2, 0) is 6.54 Å². The molecule has 0 aromatic carbocycles. The quantitative estimate of drug-likeness (QED) is 0.760. The highest BCUT2D eigenvalue weighted by Crippen LogP contribution is 2.19. The summed E-state index contributed by atoms with van der Waals surface area (Å²) in [7, 11) is 0. The number of hydrogen-bond acceptors (Lipinski definition) is 2. The number of anilines is 1. The van der Waals surface area contributed by atoms with Crippen LogP contribution in [0.2, 0.25) is 0 Å². The molecule has 0 fully saturated rings. The molecule has 0 saturated carbocycles. The maximum Gasteiger partial charge on any atom is 0.148 e. The molecule has 1 heterocycles. The minimum absolute atomic E-state index is 0.356. The van der Waals surface area contributed by atoms with Crippen molar-refractivity contribution in [2.75, 3.05) is 5.73 Å². The van der Waals surface area contributed by atoms with Gasteiger partial charge in [0.25, 0.3) is 0 Å². The van der Waals surface area contributed by atoms with Gasteiger partial charge in [0.05, 0.1) is 0 Å². The number of rotatable bonds is 2. The van der Waals surface area contributed by atoms with E-state index in [1.54, 1.807) is 0 Å². The predicted octanol–water partition coefficient (Wildman–Crippen LogP) is 2.21.